The molecule has 0 spiro atoms. The largest absolute Gasteiger partial charge is 0.366 e. The van der Waals surface area contributed by atoms with Crippen molar-refractivity contribution in [2.75, 3.05) is 28.2 Å². The molecule has 28 heavy (non-hydrogen) atoms. The van der Waals surface area contributed by atoms with Crippen molar-refractivity contribution < 1.29 is 4.79 Å². The Hall–Kier alpha value is -3.42. The number of nitrogens with one attached hydrogen (secondary N) is 1. The van der Waals surface area contributed by atoms with Gasteiger partial charge in [-0.2, -0.15) is 5.10 Å². The molecule has 142 valence electrons. The summed E-state index contributed by atoms with van der Waals surface area (Å²) in [5.41, 5.74) is 3.76. The van der Waals surface area contributed by atoms with Crippen LogP contribution in [0.15, 0.2) is 42.7 Å². The Kier molecular flexibility index (Phi) is 3.78. The number of carbonyl (C=O) groups excluding carboxylic acids is 1. The molecule has 2 aliphatic heterocycles. The van der Waals surface area contributed by atoms with Crippen LogP contribution >= 0.6 is 0 Å². The minimum absolute atomic E-state index is 0.109. The quantitative estimate of drug-likeness (QED) is 0.745. The van der Waals surface area contributed by atoms with E-state index in [0.717, 1.165) is 42.1 Å². The first-order valence-corrected chi connectivity index (χ1v) is 9.37. The van der Waals surface area contributed by atoms with Gasteiger partial charge < -0.3 is 4.90 Å². The van der Waals surface area contributed by atoms with Crippen LogP contribution in [-0.2, 0) is 7.05 Å². The van der Waals surface area contributed by atoms with Crippen LogP contribution in [0.25, 0.3) is 11.3 Å². The second-order valence-electron chi connectivity index (χ2n) is 7.29. The van der Waals surface area contributed by atoms with E-state index in [-0.39, 0.29) is 12.1 Å². The molecule has 2 aliphatic rings. The van der Waals surface area contributed by atoms with Crippen molar-refractivity contribution in [2.45, 2.75) is 19.4 Å². The van der Waals surface area contributed by atoms with Crippen LogP contribution in [0.2, 0.25) is 0 Å². The summed E-state index contributed by atoms with van der Waals surface area (Å²) < 4.78 is 1.67. The molecule has 0 aromatic carbocycles. The van der Waals surface area contributed by atoms with Crippen molar-refractivity contribution in [1.82, 2.24) is 19.7 Å². The van der Waals surface area contributed by atoms with Crippen molar-refractivity contribution in [2.24, 2.45) is 7.05 Å². The lowest BCUT2D eigenvalue weighted by atomic mass is 10.1. The summed E-state index contributed by atoms with van der Waals surface area (Å²) in [5, 5.41) is 7.17. The smallest absolute Gasteiger partial charge is 0.329 e. The number of rotatable bonds is 2. The summed E-state index contributed by atoms with van der Waals surface area (Å²) in [7, 11) is 1.82. The van der Waals surface area contributed by atoms with E-state index in [9.17, 15) is 4.79 Å². The lowest BCUT2D eigenvalue weighted by Crippen LogP contribution is -2.48. The van der Waals surface area contributed by atoms with Crippen LogP contribution in [0.4, 0.5) is 22.1 Å². The summed E-state index contributed by atoms with van der Waals surface area (Å²) in [6.07, 6.45) is 4.51. The molecule has 2 amide bonds. The number of carbonyl (C=O) groups is 1. The molecular weight excluding hydrogens is 354 g/mol. The number of pyridine rings is 2. The molecule has 5 heterocycles. The highest BCUT2D eigenvalue weighted by Crippen LogP contribution is 2.40. The number of nitrogens with zero attached hydrogens (tertiary/aromatic N) is 6. The Labute approximate surface area is 162 Å². The van der Waals surface area contributed by atoms with Crippen molar-refractivity contribution >= 4 is 23.4 Å². The van der Waals surface area contributed by atoms with E-state index in [0.29, 0.717) is 11.6 Å². The Bertz CT molecular complexity index is 1060. The average molecular weight is 375 g/mol. The normalized spacial score (nSPS) is 17.6. The van der Waals surface area contributed by atoms with E-state index in [1.54, 1.807) is 28.0 Å². The zero-order valence-corrected chi connectivity index (χ0v) is 15.8. The van der Waals surface area contributed by atoms with Gasteiger partial charge in [0.15, 0.2) is 11.6 Å². The molecule has 2 bridgehead atoms. The first-order valence-electron chi connectivity index (χ1n) is 9.37. The zero-order chi connectivity index (χ0) is 19.3. The lowest BCUT2D eigenvalue weighted by Gasteiger charge is -2.35. The number of hydrogen-bond acceptors (Lipinski definition) is 5. The number of urea groups is 1. The van der Waals surface area contributed by atoms with Gasteiger partial charge in [-0.25, -0.2) is 9.78 Å². The summed E-state index contributed by atoms with van der Waals surface area (Å²) in [4.78, 5) is 26.4. The highest BCUT2D eigenvalue weighted by Gasteiger charge is 2.40. The Morgan fingerprint density at radius 1 is 1.25 bits per heavy atom. The van der Waals surface area contributed by atoms with Crippen LogP contribution in [0.5, 0.6) is 0 Å². The predicted molar refractivity (Wildman–Crippen MR) is 108 cm³/mol. The highest BCUT2D eigenvalue weighted by atomic mass is 16.2. The van der Waals surface area contributed by atoms with Gasteiger partial charge >= 0.3 is 6.03 Å². The van der Waals surface area contributed by atoms with E-state index in [1.165, 1.54) is 0 Å². The van der Waals surface area contributed by atoms with Gasteiger partial charge in [0.2, 0.25) is 0 Å². The molecule has 8 nitrogen and oxygen atoms in total. The van der Waals surface area contributed by atoms with Crippen LogP contribution in [0.3, 0.4) is 0 Å². The fourth-order valence-corrected chi connectivity index (χ4v) is 3.99. The van der Waals surface area contributed by atoms with Gasteiger partial charge in [0.25, 0.3) is 0 Å². The number of hydrogen-bond donors (Lipinski definition) is 1. The van der Waals surface area contributed by atoms with Crippen LogP contribution in [-0.4, -0.2) is 44.9 Å². The Morgan fingerprint density at radius 2 is 2.14 bits per heavy atom. The van der Waals surface area contributed by atoms with Crippen molar-refractivity contribution in [1.29, 1.82) is 0 Å². The van der Waals surface area contributed by atoms with Crippen LogP contribution < -0.4 is 15.1 Å². The minimum atomic E-state index is -0.193. The molecule has 0 saturated carbocycles. The van der Waals surface area contributed by atoms with Crippen molar-refractivity contribution in [3.8, 4) is 11.3 Å². The van der Waals surface area contributed by atoms with E-state index < -0.39 is 0 Å². The van der Waals surface area contributed by atoms with Gasteiger partial charge in [0.1, 0.15) is 0 Å². The van der Waals surface area contributed by atoms with Crippen LogP contribution in [0.1, 0.15) is 12.1 Å². The molecule has 8 heteroatoms. The number of aryl methyl sites for hydroxylation is 2. The van der Waals surface area contributed by atoms with E-state index in [4.69, 9.17) is 4.98 Å². The van der Waals surface area contributed by atoms with Gasteiger partial charge in [0, 0.05) is 49.9 Å². The fraction of sp³-hybridized carbons (Fsp3) is 0.300. The van der Waals surface area contributed by atoms with Gasteiger partial charge in [-0.1, -0.05) is 0 Å². The summed E-state index contributed by atoms with van der Waals surface area (Å²) >= 11 is 0. The monoisotopic (exact) mass is 375 g/mol. The van der Waals surface area contributed by atoms with Gasteiger partial charge in [-0.05, 0) is 37.6 Å². The highest BCUT2D eigenvalue weighted by molar-refractivity contribution is 6.04. The molecule has 0 radical (unpaired) electrons. The van der Waals surface area contributed by atoms with Gasteiger partial charge in [0.05, 0.1) is 17.4 Å². The summed E-state index contributed by atoms with van der Waals surface area (Å²) in [5.74, 6) is 1.24. The molecule has 1 N–H and O–H groups in total. The Balaban J connectivity index is 1.54. The van der Waals surface area contributed by atoms with Gasteiger partial charge in [-0.15, -0.1) is 0 Å². The summed E-state index contributed by atoms with van der Waals surface area (Å²) in [6, 6.07) is 9.73. The maximum Gasteiger partial charge on any atom is 0.329 e. The van der Waals surface area contributed by atoms with E-state index in [2.05, 4.69) is 26.4 Å². The maximum absolute atomic E-state index is 13.1. The van der Waals surface area contributed by atoms with Gasteiger partial charge in [-0.3, -0.25) is 19.9 Å². The van der Waals surface area contributed by atoms with Crippen molar-refractivity contribution in [3.63, 3.8) is 0 Å². The molecule has 1 saturated heterocycles. The lowest BCUT2D eigenvalue weighted by molar-refractivity contribution is 0.254. The predicted octanol–water partition coefficient (Wildman–Crippen LogP) is 2.82. The third-order valence-corrected chi connectivity index (χ3v) is 5.31. The molecule has 1 fully saturated rings. The topological polar surface area (TPSA) is 79.2 Å². The number of anilines is 3. The molecular formula is C20H21N7O. The van der Waals surface area contributed by atoms with Crippen LogP contribution in [0, 0.1) is 6.92 Å². The molecule has 3 aromatic heterocycles. The molecule has 5 rings (SSSR count). The van der Waals surface area contributed by atoms with E-state index >= 15 is 0 Å². The molecule has 1 unspecified atom stereocenters. The van der Waals surface area contributed by atoms with E-state index in [1.807, 2.05) is 32.2 Å². The first kappa shape index (κ1) is 16.7. The maximum atomic E-state index is 13.1. The minimum Gasteiger partial charge on any atom is -0.366 e. The molecule has 3 aromatic rings. The second-order valence-corrected chi connectivity index (χ2v) is 7.29. The fourth-order valence-electron chi connectivity index (χ4n) is 3.99. The number of aromatic nitrogens is 4. The average Bonchev–Trinajstić information content (AvgIpc) is 3.28. The SMILES string of the molecule is Cc1cc(-c2ccc3c(n2)N(C(=O)Nc2ccn(C)n2)C2CCN3C2)ccn1. The molecule has 1 atom stereocenters. The number of fused-ring (bicyclic) bond motifs is 4. The standard InChI is InChI=1S/C20H21N7O/c1-13-11-14(5-8-21-13)16-3-4-17-19(22-16)27(15-6-10-26(17)12-15)20(28)23-18-7-9-25(2)24-18/h3-5,7-9,11,15H,6,10,12H2,1-2H3,(H,23,24,28). The Morgan fingerprint density at radius 3 is 2.93 bits per heavy atom. The molecule has 0 aliphatic carbocycles. The third kappa shape index (κ3) is 2.77. The summed E-state index contributed by atoms with van der Waals surface area (Å²) in [6.45, 7) is 3.72. The first-order chi connectivity index (χ1) is 13.6. The van der Waals surface area contributed by atoms with Crippen molar-refractivity contribution in [3.05, 3.63) is 48.4 Å². The zero-order valence-electron chi connectivity index (χ0n) is 15.8. The second kappa shape index (κ2) is 6.33. The number of amides is 2. The third-order valence-electron chi connectivity index (χ3n) is 5.31.